The Labute approximate surface area is 166 Å². The summed E-state index contributed by atoms with van der Waals surface area (Å²) in [5.74, 6) is 1.30. The first kappa shape index (κ1) is 18.1. The number of nitriles is 1. The number of thioether (sulfide) groups is 1. The number of aryl methyl sites for hydroxylation is 1. The first-order valence-corrected chi connectivity index (χ1v) is 9.75. The molecule has 2 heterocycles. The lowest BCUT2D eigenvalue weighted by molar-refractivity contribution is -0.113. The second-order valence-electron chi connectivity index (χ2n) is 6.34. The summed E-state index contributed by atoms with van der Waals surface area (Å²) in [5.41, 5.74) is 3.00. The highest BCUT2D eigenvalue weighted by Gasteiger charge is 2.16. The molecule has 1 N–H and O–H groups in total. The maximum absolute atomic E-state index is 12.2. The average Bonchev–Trinajstić information content (AvgIpc) is 2.71. The number of benzene rings is 2. The van der Waals surface area contributed by atoms with Crippen molar-refractivity contribution >= 4 is 34.3 Å². The van der Waals surface area contributed by atoms with E-state index < -0.39 is 0 Å². The van der Waals surface area contributed by atoms with Gasteiger partial charge in [-0.05, 0) is 31.2 Å². The summed E-state index contributed by atoms with van der Waals surface area (Å²) < 4.78 is 11.2. The van der Waals surface area contributed by atoms with Gasteiger partial charge in [0.2, 0.25) is 5.91 Å². The van der Waals surface area contributed by atoms with Crippen molar-refractivity contribution in [2.75, 3.05) is 24.3 Å². The van der Waals surface area contributed by atoms with Crippen LogP contribution in [0.25, 0.3) is 10.9 Å². The van der Waals surface area contributed by atoms with Gasteiger partial charge in [0.25, 0.3) is 0 Å². The topological polar surface area (TPSA) is 84.2 Å². The quantitative estimate of drug-likeness (QED) is 0.679. The molecule has 0 unspecified atom stereocenters. The molecule has 0 atom stereocenters. The largest absolute Gasteiger partial charge is 0.486 e. The van der Waals surface area contributed by atoms with Crippen molar-refractivity contribution in [3.8, 4) is 17.6 Å². The summed E-state index contributed by atoms with van der Waals surface area (Å²) in [6, 6.07) is 15.2. The number of carbonyl (C=O) groups is 1. The standard InChI is InChI=1S/C21H17N3O3S/c1-13-2-4-16(5-3-13)23-20(25)12-28-21-15(11-22)8-14-9-18-19(10-17(14)24-21)27-7-6-26-18/h2-5,8-10H,6-7,12H2,1H3,(H,23,25). The van der Waals surface area contributed by atoms with Crippen LogP contribution in [0.5, 0.6) is 11.5 Å². The van der Waals surface area contributed by atoms with Crippen LogP contribution in [0.4, 0.5) is 5.69 Å². The van der Waals surface area contributed by atoms with Crippen LogP contribution in [0.15, 0.2) is 47.5 Å². The van der Waals surface area contributed by atoms with Crippen LogP contribution < -0.4 is 14.8 Å². The fourth-order valence-electron chi connectivity index (χ4n) is 2.85. The first-order chi connectivity index (χ1) is 13.6. The molecule has 1 aliphatic rings. The molecule has 0 saturated carbocycles. The van der Waals surface area contributed by atoms with Crippen LogP contribution in [0, 0.1) is 18.3 Å². The van der Waals surface area contributed by atoms with E-state index in [4.69, 9.17) is 9.47 Å². The third-order valence-corrected chi connectivity index (χ3v) is 5.23. The van der Waals surface area contributed by atoms with Gasteiger partial charge in [-0.15, -0.1) is 0 Å². The van der Waals surface area contributed by atoms with E-state index >= 15 is 0 Å². The second-order valence-corrected chi connectivity index (χ2v) is 7.31. The number of rotatable bonds is 4. The summed E-state index contributed by atoms with van der Waals surface area (Å²) in [6.07, 6.45) is 0. The molecule has 0 aliphatic carbocycles. The smallest absolute Gasteiger partial charge is 0.234 e. The highest BCUT2D eigenvalue weighted by Crippen LogP contribution is 2.35. The van der Waals surface area contributed by atoms with Gasteiger partial charge in [-0.25, -0.2) is 4.98 Å². The molecule has 7 heteroatoms. The number of fused-ring (bicyclic) bond motifs is 2. The van der Waals surface area contributed by atoms with Crippen molar-refractivity contribution < 1.29 is 14.3 Å². The van der Waals surface area contributed by atoms with Gasteiger partial charge in [0.15, 0.2) is 11.5 Å². The Balaban J connectivity index is 1.53. The third kappa shape index (κ3) is 3.87. The molecular weight excluding hydrogens is 374 g/mol. The lowest BCUT2D eigenvalue weighted by Gasteiger charge is -2.18. The highest BCUT2D eigenvalue weighted by molar-refractivity contribution is 8.00. The van der Waals surface area contributed by atoms with Crippen LogP contribution in [0.3, 0.4) is 0 Å². The predicted molar refractivity (Wildman–Crippen MR) is 108 cm³/mol. The van der Waals surface area contributed by atoms with Crippen molar-refractivity contribution in [3.63, 3.8) is 0 Å². The average molecular weight is 391 g/mol. The van der Waals surface area contributed by atoms with E-state index in [2.05, 4.69) is 16.4 Å². The van der Waals surface area contributed by atoms with E-state index in [9.17, 15) is 10.1 Å². The monoisotopic (exact) mass is 391 g/mol. The SMILES string of the molecule is Cc1ccc(NC(=O)CSc2nc3cc4c(cc3cc2C#N)OCCO4)cc1. The molecule has 4 rings (SSSR count). The van der Waals surface area contributed by atoms with Crippen molar-refractivity contribution in [2.24, 2.45) is 0 Å². The maximum Gasteiger partial charge on any atom is 0.234 e. The molecule has 28 heavy (non-hydrogen) atoms. The van der Waals surface area contributed by atoms with Crippen LogP contribution >= 0.6 is 11.8 Å². The minimum Gasteiger partial charge on any atom is -0.486 e. The number of carbonyl (C=O) groups excluding carboxylic acids is 1. The Hall–Kier alpha value is -3.24. The molecule has 0 saturated heterocycles. The van der Waals surface area contributed by atoms with Gasteiger partial charge in [0, 0.05) is 17.1 Å². The highest BCUT2D eigenvalue weighted by atomic mass is 32.2. The van der Waals surface area contributed by atoms with Gasteiger partial charge >= 0.3 is 0 Å². The van der Waals surface area contributed by atoms with Crippen molar-refractivity contribution in [1.29, 1.82) is 5.26 Å². The molecule has 0 fully saturated rings. The van der Waals surface area contributed by atoms with Crippen molar-refractivity contribution in [1.82, 2.24) is 4.98 Å². The molecular formula is C21H17N3O3S. The molecule has 0 spiro atoms. The van der Waals surface area contributed by atoms with E-state index in [1.807, 2.05) is 37.3 Å². The molecule has 1 amide bonds. The van der Waals surface area contributed by atoms with Gasteiger partial charge in [-0.3, -0.25) is 4.79 Å². The number of pyridine rings is 1. The summed E-state index contributed by atoms with van der Waals surface area (Å²) >= 11 is 1.24. The Morgan fingerprint density at radius 1 is 1.18 bits per heavy atom. The number of nitrogens with one attached hydrogen (secondary N) is 1. The van der Waals surface area contributed by atoms with E-state index in [1.54, 1.807) is 12.1 Å². The van der Waals surface area contributed by atoms with E-state index in [0.29, 0.717) is 40.8 Å². The number of anilines is 1. The Morgan fingerprint density at radius 2 is 1.89 bits per heavy atom. The molecule has 3 aromatic rings. The van der Waals surface area contributed by atoms with Crippen LogP contribution in [-0.2, 0) is 4.79 Å². The fourth-order valence-corrected chi connectivity index (χ4v) is 3.61. The number of ether oxygens (including phenoxy) is 2. The summed E-state index contributed by atoms with van der Waals surface area (Å²) in [5, 5.41) is 13.7. The van der Waals surface area contributed by atoms with Crippen LogP contribution in [-0.4, -0.2) is 29.9 Å². The number of nitrogens with zero attached hydrogens (tertiary/aromatic N) is 2. The Kier molecular flexibility index (Phi) is 5.04. The zero-order valence-corrected chi connectivity index (χ0v) is 16.0. The number of hydrogen-bond donors (Lipinski definition) is 1. The second kappa shape index (κ2) is 7.79. The molecule has 1 aliphatic heterocycles. The Bertz CT molecular complexity index is 1090. The molecule has 1 aromatic heterocycles. The van der Waals surface area contributed by atoms with Gasteiger partial charge in [0.1, 0.15) is 24.3 Å². The van der Waals surface area contributed by atoms with E-state index in [0.717, 1.165) is 16.6 Å². The summed E-state index contributed by atoms with van der Waals surface area (Å²) in [4.78, 5) is 16.8. The van der Waals surface area contributed by atoms with Crippen molar-refractivity contribution in [3.05, 3.63) is 53.6 Å². The lowest BCUT2D eigenvalue weighted by Crippen LogP contribution is -2.15. The fraction of sp³-hybridized carbons (Fsp3) is 0.190. The van der Waals surface area contributed by atoms with Crippen LogP contribution in [0.1, 0.15) is 11.1 Å². The normalized spacial score (nSPS) is 12.4. The Morgan fingerprint density at radius 3 is 2.61 bits per heavy atom. The lowest BCUT2D eigenvalue weighted by atomic mass is 10.1. The number of amides is 1. The number of hydrogen-bond acceptors (Lipinski definition) is 6. The van der Waals surface area contributed by atoms with E-state index in [-0.39, 0.29) is 11.7 Å². The predicted octanol–water partition coefficient (Wildman–Crippen LogP) is 3.92. The molecule has 2 aromatic carbocycles. The molecule has 6 nitrogen and oxygen atoms in total. The number of aromatic nitrogens is 1. The first-order valence-electron chi connectivity index (χ1n) is 8.76. The zero-order chi connectivity index (χ0) is 19.5. The molecule has 0 radical (unpaired) electrons. The molecule has 0 bridgehead atoms. The van der Waals surface area contributed by atoms with Gasteiger partial charge in [0.05, 0.1) is 16.8 Å². The molecule has 140 valence electrons. The third-order valence-electron chi connectivity index (χ3n) is 4.24. The van der Waals surface area contributed by atoms with Gasteiger partial charge in [-0.2, -0.15) is 5.26 Å². The minimum atomic E-state index is -0.151. The van der Waals surface area contributed by atoms with Gasteiger partial charge < -0.3 is 14.8 Å². The van der Waals surface area contributed by atoms with E-state index in [1.165, 1.54) is 11.8 Å². The zero-order valence-electron chi connectivity index (χ0n) is 15.2. The van der Waals surface area contributed by atoms with Crippen molar-refractivity contribution in [2.45, 2.75) is 11.9 Å². The van der Waals surface area contributed by atoms with Crippen LogP contribution in [0.2, 0.25) is 0 Å². The maximum atomic E-state index is 12.2. The van der Waals surface area contributed by atoms with Gasteiger partial charge in [-0.1, -0.05) is 29.5 Å². The summed E-state index contributed by atoms with van der Waals surface area (Å²) in [7, 11) is 0. The minimum absolute atomic E-state index is 0.151. The summed E-state index contributed by atoms with van der Waals surface area (Å²) in [6.45, 7) is 2.99.